The van der Waals surface area contributed by atoms with Crippen molar-refractivity contribution in [3.05, 3.63) is 53.3 Å². The third kappa shape index (κ3) is 3.51. The second kappa shape index (κ2) is 6.66. The molecule has 3 heterocycles. The molecule has 0 aliphatic heterocycles. The van der Waals surface area contributed by atoms with Crippen LogP contribution >= 0.6 is 0 Å². The van der Waals surface area contributed by atoms with E-state index in [-0.39, 0.29) is 12.3 Å². The topological polar surface area (TPSA) is 85.8 Å². The van der Waals surface area contributed by atoms with Crippen LogP contribution in [0.4, 0.5) is 0 Å². The number of amides is 1. The second-order valence-electron chi connectivity index (χ2n) is 5.71. The van der Waals surface area contributed by atoms with Crippen molar-refractivity contribution in [3.8, 4) is 11.3 Å². The average molecular weight is 325 g/mol. The molecule has 0 aromatic carbocycles. The Labute approximate surface area is 139 Å². The third-order valence-electron chi connectivity index (χ3n) is 3.83. The van der Waals surface area contributed by atoms with Gasteiger partial charge in [-0.1, -0.05) is 11.2 Å². The van der Waals surface area contributed by atoms with Crippen molar-refractivity contribution in [3.63, 3.8) is 0 Å². The van der Waals surface area contributed by atoms with Gasteiger partial charge in [-0.05, 0) is 25.5 Å². The maximum atomic E-state index is 12.1. The van der Waals surface area contributed by atoms with Crippen molar-refractivity contribution in [1.82, 2.24) is 25.2 Å². The smallest absolute Gasteiger partial charge is 0.224 e. The first-order valence-electron chi connectivity index (χ1n) is 7.65. The highest BCUT2D eigenvalue weighted by molar-refractivity contribution is 5.79. The molecule has 3 rings (SSSR count). The van der Waals surface area contributed by atoms with Crippen molar-refractivity contribution < 1.29 is 9.32 Å². The predicted octanol–water partition coefficient (Wildman–Crippen LogP) is 1.95. The summed E-state index contributed by atoms with van der Waals surface area (Å²) >= 11 is 0. The molecule has 24 heavy (non-hydrogen) atoms. The van der Waals surface area contributed by atoms with Crippen molar-refractivity contribution in [2.45, 2.75) is 26.8 Å². The molecule has 0 aliphatic rings. The number of hydrogen-bond donors (Lipinski definition) is 1. The van der Waals surface area contributed by atoms with Gasteiger partial charge in [0.25, 0.3) is 0 Å². The Morgan fingerprint density at radius 3 is 2.71 bits per heavy atom. The Hall–Kier alpha value is -2.96. The fourth-order valence-electron chi connectivity index (χ4n) is 2.43. The van der Waals surface area contributed by atoms with Gasteiger partial charge in [-0.25, -0.2) is 0 Å². The lowest BCUT2D eigenvalue weighted by molar-refractivity contribution is -0.120. The Bertz CT molecular complexity index is 829. The highest BCUT2D eigenvalue weighted by Crippen LogP contribution is 2.16. The maximum absolute atomic E-state index is 12.1. The lowest BCUT2D eigenvalue weighted by atomic mass is 10.1. The van der Waals surface area contributed by atoms with Gasteiger partial charge in [0.15, 0.2) is 0 Å². The number of hydrogen-bond acceptors (Lipinski definition) is 5. The first-order valence-corrected chi connectivity index (χ1v) is 7.65. The number of aromatic nitrogens is 4. The van der Waals surface area contributed by atoms with Gasteiger partial charge in [-0.15, -0.1) is 0 Å². The number of rotatable bonds is 5. The summed E-state index contributed by atoms with van der Waals surface area (Å²) in [4.78, 5) is 16.5. The minimum atomic E-state index is -0.0688. The summed E-state index contributed by atoms with van der Waals surface area (Å²) in [6.07, 6.45) is 5.71. The lowest BCUT2D eigenvalue weighted by Gasteiger charge is -2.06. The van der Waals surface area contributed by atoms with Crippen molar-refractivity contribution >= 4 is 5.91 Å². The van der Waals surface area contributed by atoms with E-state index in [0.717, 1.165) is 28.1 Å². The van der Waals surface area contributed by atoms with E-state index >= 15 is 0 Å². The van der Waals surface area contributed by atoms with Gasteiger partial charge in [0, 0.05) is 37.1 Å². The lowest BCUT2D eigenvalue weighted by Crippen LogP contribution is -2.25. The number of nitrogens with one attached hydrogen (secondary N) is 1. The maximum Gasteiger partial charge on any atom is 0.224 e. The number of carbonyl (C=O) groups is 1. The molecule has 124 valence electrons. The highest BCUT2D eigenvalue weighted by atomic mass is 16.5. The molecule has 0 fully saturated rings. The quantitative estimate of drug-likeness (QED) is 0.775. The molecule has 3 aromatic heterocycles. The van der Waals surface area contributed by atoms with Gasteiger partial charge in [-0.3, -0.25) is 14.5 Å². The van der Waals surface area contributed by atoms with Crippen LogP contribution in [0.1, 0.15) is 22.6 Å². The molecule has 1 amide bonds. The van der Waals surface area contributed by atoms with E-state index in [9.17, 15) is 4.79 Å². The van der Waals surface area contributed by atoms with Gasteiger partial charge in [0.05, 0.1) is 24.0 Å². The number of aryl methyl sites for hydroxylation is 3. The Morgan fingerprint density at radius 2 is 2.12 bits per heavy atom. The van der Waals surface area contributed by atoms with Gasteiger partial charge in [0.1, 0.15) is 5.76 Å². The van der Waals surface area contributed by atoms with Gasteiger partial charge >= 0.3 is 0 Å². The molecule has 7 heteroatoms. The molecule has 0 unspecified atom stereocenters. The summed E-state index contributed by atoms with van der Waals surface area (Å²) in [7, 11) is 1.87. The molecule has 0 aliphatic carbocycles. The van der Waals surface area contributed by atoms with E-state index < -0.39 is 0 Å². The Kier molecular flexibility index (Phi) is 4.41. The van der Waals surface area contributed by atoms with Crippen LogP contribution in [0, 0.1) is 13.8 Å². The Balaban J connectivity index is 1.57. The molecular weight excluding hydrogens is 306 g/mol. The number of nitrogens with zero attached hydrogens (tertiary/aromatic N) is 4. The van der Waals surface area contributed by atoms with Crippen LogP contribution in [0.25, 0.3) is 11.3 Å². The molecule has 3 aromatic rings. The number of pyridine rings is 1. The van der Waals surface area contributed by atoms with Crippen LogP contribution < -0.4 is 5.32 Å². The Morgan fingerprint density at radius 1 is 1.29 bits per heavy atom. The molecule has 0 radical (unpaired) electrons. The van der Waals surface area contributed by atoms with Crippen LogP contribution in [-0.2, 0) is 24.8 Å². The van der Waals surface area contributed by atoms with Crippen molar-refractivity contribution in [1.29, 1.82) is 0 Å². The van der Waals surface area contributed by atoms with Crippen LogP contribution in [0.5, 0.6) is 0 Å². The van der Waals surface area contributed by atoms with E-state index in [0.29, 0.717) is 12.3 Å². The third-order valence-corrected chi connectivity index (χ3v) is 3.83. The first-order chi connectivity index (χ1) is 11.5. The number of carbonyl (C=O) groups excluding carboxylic acids is 1. The highest BCUT2D eigenvalue weighted by Gasteiger charge is 2.13. The summed E-state index contributed by atoms with van der Waals surface area (Å²) in [5, 5.41) is 10.9. The van der Waals surface area contributed by atoms with Crippen LogP contribution in [0.15, 0.2) is 35.2 Å². The minimum absolute atomic E-state index is 0.0688. The zero-order valence-corrected chi connectivity index (χ0v) is 13.9. The van der Waals surface area contributed by atoms with E-state index in [1.807, 2.05) is 39.2 Å². The second-order valence-corrected chi connectivity index (χ2v) is 5.71. The molecular formula is C17H19N5O2. The van der Waals surface area contributed by atoms with Gasteiger partial charge in [0.2, 0.25) is 5.91 Å². The summed E-state index contributed by atoms with van der Waals surface area (Å²) < 4.78 is 6.81. The molecule has 0 bridgehead atoms. The van der Waals surface area contributed by atoms with E-state index in [1.165, 1.54) is 0 Å². The molecule has 0 atom stereocenters. The van der Waals surface area contributed by atoms with Gasteiger partial charge < -0.3 is 9.84 Å². The van der Waals surface area contributed by atoms with E-state index in [1.54, 1.807) is 17.1 Å². The molecule has 0 spiro atoms. The summed E-state index contributed by atoms with van der Waals surface area (Å²) in [5.74, 6) is 0.617. The zero-order valence-electron chi connectivity index (χ0n) is 13.9. The average Bonchev–Trinajstić information content (AvgIpc) is 3.14. The standard InChI is InChI=1S/C17H19N5O2/c1-11-15(12(2)24-21-11)6-17(23)19-8-13-4-5-16(18-7-13)14-9-20-22(3)10-14/h4-5,7,9-10H,6,8H2,1-3H3,(H,19,23). The van der Waals surface area contributed by atoms with Crippen molar-refractivity contribution in [2.75, 3.05) is 0 Å². The van der Waals surface area contributed by atoms with Crippen molar-refractivity contribution in [2.24, 2.45) is 7.05 Å². The molecule has 7 nitrogen and oxygen atoms in total. The van der Waals surface area contributed by atoms with Crippen LogP contribution in [0.3, 0.4) is 0 Å². The minimum Gasteiger partial charge on any atom is -0.361 e. The summed E-state index contributed by atoms with van der Waals surface area (Å²) in [6, 6.07) is 3.87. The van der Waals surface area contributed by atoms with Gasteiger partial charge in [-0.2, -0.15) is 5.10 Å². The monoisotopic (exact) mass is 325 g/mol. The summed E-state index contributed by atoms with van der Waals surface area (Å²) in [5.41, 5.74) is 4.36. The normalized spacial score (nSPS) is 10.8. The molecule has 1 N–H and O–H groups in total. The van der Waals surface area contributed by atoms with E-state index in [4.69, 9.17) is 4.52 Å². The fraction of sp³-hybridized carbons (Fsp3) is 0.294. The fourth-order valence-corrected chi connectivity index (χ4v) is 2.43. The molecule has 0 saturated heterocycles. The van der Waals surface area contributed by atoms with E-state index in [2.05, 4.69) is 20.6 Å². The molecule has 0 saturated carbocycles. The predicted molar refractivity (Wildman–Crippen MR) is 88.0 cm³/mol. The largest absolute Gasteiger partial charge is 0.361 e. The SMILES string of the molecule is Cc1noc(C)c1CC(=O)NCc1ccc(-c2cnn(C)c2)nc1. The first kappa shape index (κ1) is 15.9. The summed E-state index contributed by atoms with van der Waals surface area (Å²) in [6.45, 7) is 4.08. The van der Waals surface area contributed by atoms with Crippen LogP contribution in [0.2, 0.25) is 0 Å². The zero-order chi connectivity index (χ0) is 17.1. The van der Waals surface area contributed by atoms with Crippen LogP contribution in [-0.4, -0.2) is 25.8 Å².